The highest BCUT2D eigenvalue weighted by atomic mass is 16.1. The van der Waals surface area contributed by atoms with Gasteiger partial charge in [-0.25, -0.2) is 0 Å². The molecular weight excluding hydrogens is 276 g/mol. The summed E-state index contributed by atoms with van der Waals surface area (Å²) in [5, 5.41) is 8.82. The molecule has 2 heterocycles. The van der Waals surface area contributed by atoms with Crippen LogP contribution in [0.1, 0.15) is 11.1 Å². The van der Waals surface area contributed by atoms with Gasteiger partial charge in [0.15, 0.2) is 0 Å². The number of hydrogen-bond acceptors (Lipinski definition) is 4. The number of H-pyrrole nitrogens is 1. The van der Waals surface area contributed by atoms with E-state index in [1.54, 1.807) is 6.07 Å². The van der Waals surface area contributed by atoms with E-state index in [1.165, 1.54) is 11.6 Å². The van der Waals surface area contributed by atoms with Gasteiger partial charge in [-0.05, 0) is 23.8 Å². The molecule has 1 fully saturated rings. The van der Waals surface area contributed by atoms with Crippen LogP contribution in [0.5, 0.6) is 0 Å². The summed E-state index contributed by atoms with van der Waals surface area (Å²) >= 11 is 0. The van der Waals surface area contributed by atoms with Crippen molar-refractivity contribution in [2.45, 2.75) is 6.54 Å². The number of anilines is 1. The van der Waals surface area contributed by atoms with Crippen LogP contribution in [0, 0.1) is 11.3 Å². The molecule has 1 aromatic heterocycles. The lowest BCUT2D eigenvalue weighted by atomic mass is 10.1. The van der Waals surface area contributed by atoms with E-state index in [4.69, 9.17) is 5.26 Å². The number of piperazine rings is 1. The van der Waals surface area contributed by atoms with Gasteiger partial charge < -0.3 is 9.88 Å². The van der Waals surface area contributed by atoms with Crippen LogP contribution in [-0.2, 0) is 6.54 Å². The number of hydrogen-bond donors (Lipinski definition) is 1. The molecule has 22 heavy (non-hydrogen) atoms. The molecule has 5 heteroatoms. The van der Waals surface area contributed by atoms with Gasteiger partial charge in [-0.15, -0.1) is 0 Å². The number of pyridine rings is 1. The third-order valence-electron chi connectivity index (χ3n) is 3.96. The van der Waals surface area contributed by atoms with Crippen LogP contribution in [0.25, 0.3) is 0 Å². The Labute approximate surface area is 129 Å². The van der Waals surface area contributed by atoms with Crippen molar-refractivity contribution in [3.8, 4) is 6.07 Å². The van der Waals surface area contributed by atoms with Gasteiger partial charge in [-0.1, -0.05) is 18.2 Å². The first-order valence-electron chi connectivity index (χ1n) is 7.40. The molecule has 112 valence electrons. The summed E-state index contributed by atoms with van der Waals surface area (Å²) in [4.78, 5) is 18.8. The maximum absolute atomic E-state index is 11.4. The fraction of sp³-hybridized carbons (Fsp3) is 0.294. The van der Waals surface area contributed by atoms with Crippen molar-refractivity contribution in [3.05, 3.63) is 63.9 Å². The van der Waals surface area contributed by atoms with E-state index in [1.807, 2.05) is 30.3 Å². The molecule has 1 N–H and O–H groups in total. The van der Waals surface area contributed by atoms with Gasteiger partial charge in [0.25, 0.3) is 0 Å². The summed E-state index contributed by atoms with van der Waals surface area (Å²) < 4.78 is 0. The fourth-order valence-electron chi connectivity index (χ4n) is 2.71. The van der Waals surface area contributed by atoms with Crippen molar-refractivity contribution in [2.24, 2.45) is 0 Å². The summed E-state index contributed by atoms with van der Waals surface area (Å²) in [6.45, 7) is 4.60. The van der Waals surface area contributed by atoms with Crippen molar-refractivity contribution >= 4 is 5.82 Å². The van der Waals surface area contributed by atoms with Gasteiger partial charge in [0, 0.05) is 38.8 Å². The second-order valence-electron chi connectivity index (χ2n) is 5.47. The highest BCUT2D eigenvalue weighted by Gasteiger charge is 2.17. The zero-order valence-electron chi connectivity index (χ0n) is 12.3. The van der Waals surface area contributed by atoms with Crippen molar-refractivity contribution < 1.29 is 0 Å². The van der Waals surface area contributed by atoms with Crippen LogP contribution in [-0.4, -0.2) is 36.1 Å². The van der Waals surface area contributed by atoms with E-state index < -0.39 is 0 Å². The van der Waals surface area contributed by atoms with E-state index in [2.05, 4.69) is 20.9 Å². The van der Waals surface area contributed by atoms with Crippen LogP contribution < -0.4 is 10.5 Å². The number of nitriles is 1. The van der Waals surface area contributed by atoms with Gasteiger partial charge in [-0.2, -0.15) is 5.26 Å². The van der Waals surface area contributed by atoms with Crippen molar-refractivity contribution in [1.82, 2.24) is 9.88 Å². The molecule has 0 radical (unpaired) electrons. The van der Waals surface area contributed by atoms with Crippen LogP contribution >= 0.6 is 0 Å². The third kappa shape index (κ3) is 3.35. The Morgan fingerprint density at radius 1 is 1.05 bits per heavy atom. The second kappa shape index (κ2) is 6.46. The molecule has 5 nitrogen and oxygen atoms in total. The predicted molar refractivity (Wildman–Crippen MR) is 85.7 cm³/mol. The Morgan fingerprint density at radius 2 is 1.77 bits per heavy atom. The number of nitrogens with one attached hydrogen (secondary N) is 1. The normalized spacial score (nSPS) is 15.5. The molecule has 0 spiro atoms. The van der Waals surface area contributed by atoms with Crippen LogP contribution in [0.2, 0.25) is 0 Å². The highest BCUT2D eigenvalue weighted by Crippen LogP contribution is 2.14. The molecule has 2 aromatic rings. The summed E-state index contributed by atoms with van der Waals surface area (Å²) in [6, 6.07) is 15.2. The Balaban J connectivity index is 1.57. The number of aromatic amines is 1. The van der Waals surface area contributed by atoms with Gasteiger partial charge in [0.05, 0.1) is 11.6 Å². The average Bonchev–Trinajstić information content (AvgIpc) is 2.56. The first-order chi connectivity index (χ1) is 10.7. The minimum absolute atomic E-state index is 0.0579. The Morgan fingerprint density at radius 3 is 2.41 bits per heavy atom. The average molecular weight is 294 g/mol. The molecular formula is C17H18N4O. The Bertz CT molecular complexity index is 721. The second-order valence-corrected chi connectivity index (χ2v) is 5.47. The molecule has 0 saturated carbocycles. The molecule has 3 rings (SSSR count). The van der Waals surface area contributed by atoms with Crippen LogP contribution in [0.15, 0.2) is 47.3 Å². The minimum atomic E-state index is -0.0579. The van der Waals surface area contributed by atoms with E-state index in [0.717, 1.165) is 38.5 Å². The molecule has 0 unspecified atom stereocenters. The summed E-state index contributed by atoms with van der Waals surface area (Å²) in [5.74, 6) is 0.894. The summed E-state index contributed by atoms with van der Waals surface area (Å²) in [7, 11) is 0. The maximum atomic E-state index is 11.4. The Kier molecular flexibility index (Phi) is 4.22. The zero-order chi connectivity index (χ0) is 15.4. The molecule has 0 aliphatic carbocycles. The summed E-state index contributed by atoms with van der Waals surface area (Å²) in [6.07, 6.45) is 0. The number of nitrogens with zero attached hydrogens (tertiary/aromatic N) is 3. The summed E-state index contributed by atoms with van der Waals surface area (Å²) in [5.41, 5.74) is 1.86. The van der Waals surface area contributed by atoms with Crippen molar-refractivity contribution in [1.29, 1.82) is 5.26 Å². The lowest BCUT2D eigenvalue weighted by molar-refractivity contribution is 0.249. The molecule has 1 aliphatic rings. The van der Waals surface area contributed by atoms with E-state index in [0.29, 0.717) is 5.56 Å². The maximum Gasteiger partial charge on any atom is 0.249 e. The standard InChI is InChI=1S/C17H18N4O/c18-12-14-4-6-15(7-5-14)13-20-8-10-21(11-9-20)16-2-1-3-17(22)19-16/h1-7H,8-11,13H2,(H,19,22). The van der Waals surface area contributed by atoms with Crippen LogP contribution in [0.3, 0.4) is 0 Å². The SMILES string of the molecule is N#Cc1ccc(CN2CCN(c3cccc(=O)[nH]3)CC2)cc1. The quantitative estimate of drug-likeness (QED) is 0.933. The monoisotopic (exact) mass is 294 g/mol. The number of rotatable bonds is 3. The lowest BCUT2D eigenvalue weighted by Gasteiger charge is -2.35. The smallest absolute Gasteiger partial charge is 0.249 e. The van der Waals surface area contributed by atoms with E-state index in [-0.39, 0.29) is 5.56 Å². The molecule has 1 aromatic carbocycles. The number of benzene rings is 1. The van der Waals surface area contributed by atoms with Crippen molar-refractivity contribution in [3.63, 3.8) is 0 Å². The van der Waals surface area contributed by atoms with Gasteiger partial charge in [-0.3, -0.25) is 9.69 Å². The van der Waals surface area contributed by atoms with E-state index in [9.17, 15) is 4.79 Å². The predicted octanol–water partition coefficient (Wildman–Crippen LogP) is 1.57. The van der Waals surface area contributed by atoms with E-state index >= 15 is 0 Å². The van der Waals surface area contributed by atoms with Gasteiger partial charge in [0.2, 0.25) is 5.56 Å². The molecule has 1 aliphatic heterocycles. The first kappa shape index (κ1) is 14.4. The molecule has 0 bridgehead atoms. The van der Waals surface area contributed by atoms with Gasteiger partial charge >= 0.3 is 0 Å². The lowest BCUT2D eigenvalue weighted by Crippen LogP contribution is -2.46. The zero-order valence-corrected chi connectivity index (χ0v) is 12.3. The molecule has 0 amide bonds. The Hall–Kier alpha value is -2.58. The van der Waals surface area contributed by atoms with Gasteiger partial charge in [0.1, 0.15) is 5.82 Å². The number of aromatic nitrogens is 1. The largest absolute Gasteiger partial charge is 0.356 e. The minimum Gasteiger partial charge on any atom is -0.356 e. The van der Waals surface area contributed by atoms with Crippen LogP contribution in [0.4, 0.5) is 5.82 Å². The fourth-order valence-corrected chi connectivity index (χ4v) is 2.71. The first-order valence-corrected chi connectivity index (χ1v) is 7.40. The molecule has 1 saturated heterocycles. The molecule has 0 atom stereocenters. The third-order valence-corrected chi connectivity index (χ3v) is 3.96. The topological polar surface area (TPSA) is 63.1 Å². The van der Waals surface area contributed by atoms with Crippen molar-refractivity contribution in [2.75, 3.05) is 31.1 Å². The highest BCUT2D eigenvalue weighted by molar-refractivity contribution is 5.38.